The molecular weight excluding hydrogens is 595 g/mol. The van der Waals surface area contributed by atoms with Crippen LogP contribution in [-0.4, -0.2) is 15.0 Å². The summed E-state index contributed by atoms with van der Waals surface area (Å²) in [6.45, 7) is 0. The fourth-order valence-corrected chi connectivity index (χ4v) is 7.62. The summed E-state index contributed by atoms with van der Waals surface area (Å²) < 4.78 is 0. The Labute approximate surface area is 284 Å². The highest BCUT2D eigenvalue weighted by Gasteiger charge is 2.21. The Bertz CT molecular complexity index is 2690. The van der Waals surface area contributed by atoms with Crippen molar-refractivity contribution in [2.45, 2.75) is 6.42 Å². The van der Waals surface area contributed by atoms with Crippen molar-refractivity contribution in [1.29, 1.82) is 0 Å². The number of aromatic nitrogens is 3. The molecular formula is C46H29N3. The summed E-state index contributed by atoms with van der Waals surface area (Å²) >= 11 is 0. The Morgan fingerprint density at radius 1 is 0.306 bits per heavy atom. The number of rotatable bonds is 4. The van der Waals surface area contributed by atoms with E-state index in [1.54, 1.807) is 0 Å². The first-order chi connectivity index (χ1) is 24.3. The van der Waals surface area contributed by atoms with Crippen molar-refractivity contribution in [2.24, 2.45) is 0 Å². The SMILES string of the molecule is c1ccc(-c2nc(-c3ccc(-c4cccc5c4Cc4ccccc4-5)cc3)nc(-c3ccc4c5ccccc5c5ccccc5c4c3)n2)cc1. The second-order valence-electron chi connectivity index (χ2n) is 12.8. The van der Waals surface area contributed by atoms with E-state index in [1.807, 2.05) is 18.2 Å². The van der Waals surface area contributed by atoms with Gasteiger partial charge in [0.2, 0.25) is 0 Å². The van der Waals surface area contributed by atoms with E-state index in [9.17, 15) is 0 Å². The molecule has 9 aromatic rings. The molecule has 1 aliphatic carbocycles. The van der Waals surface area contributed by atoms with Gasteiger partial charge in [-0.05, 0) is 78.2 Å². The molecule has 0 saturated heterocycles. The van der Waals surface area contributed by atoms with Gasteiger partial charge in [0.05, 0.1) is 0 Å². The van der Waals surface area contributed by atoms with Crippen LogP contribution in [0.2, 0.25) is 0 Å². The van der Waals surface area contributed by atoms with Gasteiger partial charge < -0.3 is 0 Å². The largest absolute Gasteiger partial charge is 0.208 e. The van der Waals surface area contributed by atoms with E-state index >= 15 is 0 Å². The summed E-state index contributed by atoms with van der Waals surface area (Å²) in [6.07, 6.45) is 0.956. The molecule has 3 heteroatoms. The molecule has 0 radical (unpaired) electrons. The monoisotopic (exact) mass is 623 g/mol. The molecule has 0 bridgehead atoms. The van der Waals surface area contributed by atoms with Crippen molar-refractivity contribution in [3.05, 3.63) is 175 Å². The van der Waals surface area contributed by atoms with Crippen LogP contribution in [-0.2, 0) is 6.42 Å². The minimum Gasteiger partial charge on any atom is -0.208 e. The van der Waals surface area contributed by atoms with Gasteiger partial charge in [0, 0.05) is 16.7 Å². The van der Waals surface area contributed by atoms with E-state index in [2.05, 4.69) is 146 Å². The maximum atomic E-state index is 5.11. The summed E-state index contributed by atoms with van der Waals surface area (Å²) in [7, 11) is 0. The van der Waals surface area contributed by atoms with Crippen LogP contribution >= 0.6 is 0 Å². The number of nitrogens with zero attached hydrogens (tertiary/aromatic N) is 3. The fraction of sp³-hybridized carbons (Fsp3) is 0.0217. The number of hydrogen-bond donors (Lipinski definition) is 0. The molecule has 1 aromatic heterocycles. The molecule has 0 atom stereocenters. The van der Waals surface area contributed by atoms with Crippen LogP contribution < -0.4 is 0 Å². The molecule has 0 amide bonds. The van der Waals surface area contributed by atoms with E-state index in [-0.39, 0.29) is 0 Å². The van der Waals surface area contributed by atoms with E-state index in [1.165, 1.54) is 65.7 Å². The van der Waals surface area contributed by atoms with Crippen molar-refractivity contribution < 1.29 is 0 Å². The molecule has 0 aliphatic heterocycles. The maximum Gasteiger partial charge on any atom is 0.164 e. The highest BCUT2D eigenvalue weighted by atomic mass is 15.0. The first-order valence-corrected chi connectivity index (χ1v) is 16.7. The van der Waals surface area contributed by atoms with Crippen LogP contribution in [0.15, 0.2) is 164 Å². The summed E-state index contributed by atoms with van der Waals surface area (Å²) in [6, 6.07) is 58.2. The van der Waals surface area contributed by atoms with E-state index < -0.39 is 0 Å². The van der Waals surface area contributed by atoms with Gasteiger partial charge in [0.15, 0.2) is 17.5 Å². The summed E-state index contributed by atoms with van der Waals surface area (Å²) in [5.41, 5.74) is 10.8. The number of benzene rings is 8. The fourth-order valence-electron chi connectivity index (χ4n) is 7.62. The Kier molecular flexibility index (Phi) is 6.25. The first-order valence-electron chi connectivity index (χ1n) is 16.7. The lowest BCUT2D eigenvalue weighted by Gasteiger charge is -2.13. The van der Waals surface area contributed by atoms with Gasteiger partial charge in [-0.25, -0.2) is 15.0 Å². The average molecular weight is 624 g/mol. The van der Waals surface area contributed by atoms with Gasteiger partial charge in [0.25, 0.3) is 0 Å². The lowest BCUT2D eigenvalue weighted by molar-refractivity contribution is 1.07. The van der Waals surface area contributed by atoms with E-state index in [0.717, 1.165) is 23.1 Å². The Morgan fingerprint density at radius 3 is 1.47 bits per heavy atom. The van der Waals surface area contributed by atoms with Crippen LogP contribution in [0.25, 0.3) is 88.7 Å². The zero-order valence-corrected chi connectivity index (χ0v) is 26.6. The molecule has 228 valence electrons. The lowest BCUT2D eigenvalue weighted by atomic mass is 9.93. The van der Waals surface area contributed by atoms with Crippen molar-refractivity contribution in [3.63, 3.8) is 0 Å². The van der Waals surface area contributed by atoms with Crippen molar-refractivity contribution >= 4 is 32.3 Å². The van der Waals surface area contributed by atoms with E-state index in [0.29, 0.717) is 17.5 Å². The second-order valence-corrected chi connectivity index (χ2v) is 12.8. The normalized spacial score (nSPS) is 12.0. The third-order valence-electron chi connectivity index (χ3n) is 9.97. The predicted octanol–water partition coefficient (Wildman–Crippen LogP) is 11.6. The highest BCUT2D eigenvalue weighted by molar-refractivity contribution is 6.25. The third kappa shape index (κ3) is 4.55. The van der Waals surface area contributed by atoms with Gasteiger partial charge in [-0.3, -0.25) is 0 Å². The molecule has 1 heterocycles. The quantitative estimate of drug-likeness (QED) is 0.183. The van der Waals surface area contributed by atoms with Gasteiger partial charge in [0.1, 0.15) is 0 Å². The zero-order valence-electron chi connectivity index (χ0n) is 26.6. The van der Waals surface area contributed by atoms with Crippen LogP contribution in [0.3, 0.4) is 0 Å². The van der Waals surface area contributed by atoms with E-state index in [4.69, 9.17) is 15.0 Å². The smallest absolute Gasteiger partial charge is 0.164 e. The standard InChI is InChI=1S/C46H29N3/c1-2-11-30(12-3-1)44-47-45(31-23-21-29(22-24-31)34-19-10-20-36-35-14-5-4-13-32(35)27-42(34)36)49-46(48-44)33-25-26-41-39-17-7-6-15-37(39)38-16-8-9-18-40(38)43(41)28-33/h1-26,28H,27H2. The summed E-state index contributed by atoms with van der Waals surface area (Å²) in [4.78, 5) is 15.2. The van der Waals surface area contributed by atoms with Crippen LogP contribution in [0.1, 0.15) is 11.1 Å². The lowest BCUT2D eigenvalue weighted by Crippen LogP contribution is -2.00. The second kappa shape index (κ2) is 11.1. The van der Waals surface area contributed by atoms with Gasteiger partial charge in [-0.2, -0.15) is 0 Å². The van der Waals surface area contributed by atoms with Crippen molar-refractivity contribution in [1.82, 2.24) is 15.0 Å². The molecule has 8 aromatic carbocycles. The summed E-state index contributed by atoms with van der Waals surface area (Å²) in [5.74, 6) is 1.97. The van der Waals surface area contributed by atoms with Crippen LogP contribution in [0, 0.1) is 0 Å². The van der Waals surface area contributed by atoms with Crippen LogP contribution in [0.5, 0.6) is 0 Å². The van der Waals surface area contributed by atoms with Gasteiger partial charge >= 0.3 is 0 Å². The molecule has 0 spiro atoms. The number of hydrogen-bond acceptors (Lipinski definition) is 3. The molecule has 0 unspecified atom stereocenters. The molecule has 0 fully saturated rings. The van der Waals surface area contributed by atoms with Gasteiger partial charge in [-0.15, -0.1) is 0 Å². The molecule has 1 aliphatic rings. The Hall–Kier alpha value is -6.45. The van der Waals surface area contributed by atoms with Crippen LogP contribution in [0.4, 0.5) is 0 Å². The summed E-state index contributed by atoms with van der Waals surface area (Å²) in [5, 5.41) is 7.40. The topological polar surface area (TPSA) is 38.7 Å². The third-order valence-corrected chi connectivity index (χ3v) is 9.97. The average Bonchev–Trinajstić information content (AvgIpc) is 3.57. The van der Waals surface area contributed by atoms with Crippen molar-refractivity contribution in [3.8, 4) is 56.4 Å². The minimum atomic E-state index is 0.657. The molecule has 10 rings (SSSR count). The first kappa shape index (κ1) is 27.6. The Morgan fingerprint density at radius 2 is 0.776 bits per heavy atom. The molecule has 0 saturated carbocycles. The molecule has 0 N–H and O–H groups in total. The minimum absolute atomic E-state index is 0.657. The highest BCUT2D eigenvalue weighted by Crippen LogP contribution is 2.42. The number of fused-ring (bicyclic) bond motifs is 9. The molecule has 3 nitrogen and oxygen atoms in total. The predicted molar refractivity (Wildman–Crippen MR) is 202 cm³/mol. The zero-order chi connectivity index (χ0) is 32.3. The van der Waals surface area contributed by atoms with Gasteiger partial charge in [-0.1, -0.05) is 158 Å². The Balaban J connectivity index is 1.11. The molecule has 49 heavy (non-hydrogen) atoms. The maximum absolute atomic E-state index is 5.11. The van der Waals surface area contributed by atoms with Crippen molar-refractivity contribution in [2.75, 3.05) is 0 Å².